The highest BCUT2D eigenvalue weighted by Crippen LogP contribution is 2.36. The lowest BCUT2D eigenvalue weighted by molar-refractivity contribution is 0.0947. The molecule has 0 aliphatic rings. The summed E-state index contributed by atoms with van der Waals surface area (Å²) in [6.45, 7) is 7.50. The van der Waals surface area contributed by atoms with E-state index in [1.807, 2.05) is 50.2 Å². The number of rotatable bonds is 3. The minimum Gasteiger partial charge on any atom is -0.397 e. The normalized spacial score (nSPS) is 11.6. The molecule has 0 bridgehead atoms. The Labute approximate surface area is 171 Å². The number of hydrogen-bond acceptors (Lipinski definition) is 7. The highest BCUT2D eigenvalue weighted by atomic mass is 32.1. The number of nitrogens with two attached hydrogens (primary N) is 1. The van der Waals surface area contributed by atoms with Gasteiger partial charge < -0.3 is 5.73 Å². The van der Waals surface area contributed by atoms with Gasteiger partial charge in [0.05, 0.1) is 22.8 Å². The molecule has 0 aliphatic carbocycles. The molecule has 4 rings (SSSR count). The van der Waals surface area contributed by atoms with Crippen molar-refractivity contribution in [1.82, 2.24) is 14.8 Å². The highest BCUT2D eigenvalue weighted by molar-refractivity contribution is 7.21. The van der Waals surface area contributed by atoms with E-state index < -0.39 is 0 Å². The van der Waals surface area contributed by atoms with E-state index in [9.17, 15) is 4.79 Å². The summed E-state index contributed by atoms with van der Waals surface area (Å²) in [4.78, 5) is 18.9. The van der Waals surface area contributed by atoms with Crippen LogP contribution in [0.2, 0.25) is 0 Å². The van der Waals surface area contributed by atoms with E-state index in [0.29, 0.717) is 27.6 Å². The third kappa shape index (κ3) is 3.31. The predicted molar refractivity (Wildman–Crippen MR) is 116 cm³/mol. The zero-order valence-corrected chi connectivity index (χ0v) is 17.4. The monoisotopic (exact) mass is 404 g/mol. The van der Waals surface area contributed by atoms with Crippen LogP contribution >= 0.6 is 11.3 Å². The number of thiophene rings is 1. The fourth-order valence-corrected chi connectivity index (χ4v) is 4.45. The maximum atomic E-state index is 13.2. The average Bonchev–Trinajstić information content (AvgIpc) is 3.17. The fraction of sp³-hybridized carbons (Fsp3) is 0.190. The first kappa shape index (κ1) is 18.9. The first-order chi connectivity index (χ1) is 13.9. The smallest absolute Gasteiger partial charge is 0.290 e. The number of pyridine rings is 1. The van der Waals surface area contributed by atoms with Gasteiger partial charge in [0, 0.05) is 11.1 Å². The van der Waals surface area contributed by atoms with Gasteiger partial charge >= 0.3 is 0 Å². The van der Waals surface area contributed by atoms with Crippen LogP contribution in [-0.4, -0.2) is 20.7 Å². The van der Waals surface area contributed by atoms with Gasteiger partial charge in [0.25, 0.3) is 5.91 Å². The van der Waals surface area contributed by atoms with Crippen molar-refractivity contribution in [1.29, 1.82) is 0 Å². The Bertz CT molecular complexity index is 1270. The highest BCUT2D eigenvalue weighted by Gasteiger charge is 2.24. The van der Waals surface area contributed by atoms with Crippen LogP contribution in [0.4, 0.5) is 17.1 Å². The molecule has 0 saturated heterocycles. The Hall–Kier alpha value is -3.39. The van der Waals surface area contributed by atoms with Gasteiger partial charge in [-0.15, -0.1) is 16.5 Å². The molecule has 146 valence electrons. The van der Waals surface area contributed by atoms with Crippen LogP contribution < -0.4 is 5.73 Å². The quantitative estimate of drug-likeness (QED) is 0.461. The van der Waals surface area contributed by atoms with Crippen molar-refractivity contribution in [2.24, 2.45) is 10.2 Å². The third-order valence-corrected chi connectivity index (χ3v) is 5.77. The van der Waals surface area contributed by atoms with E-state index in [1.165, 1.54) is 16.0 Å². The van der Waals surface area contributed by atoms with Gasteiger partial charge in [-0.3, -0.25) is 4.79 Å². The summed E-state index contributed by atoms with van der Waals surface area (Å²) in [5, 5.41) is 13.8. The van der Waals surface area contributed by atoms with Crippen molar-refractivity contribution in [2.45, 2.75) is 27.7 Å². The van der Waals surface area contributed by atoms with Crippen molar-refractivity contribution in [2.75, 3.05) is 5.73 Å². The Morgan fingerprint density at radius 3 is 2.55 bits per heavy atom. The number of hydrogen-bond donors (Lipinski definition) is 1. The molecule has 4 aromatic rings. The number of carbonyl (C=O) groups excluding carboxylic acids is 1. The summed E-state index contributed by atoms with van der Waals surface area (Å²) < 4.78 is 1.35. The topological polar surface area (TPSA) is 98.5 Å². The number of nitrogen functional groups attached to an aromatic ring is 1. The van der Waals surface area contributed by atoms with Crippen molar-refractivity contribution < 1.29 is 4.79 Å². The molecule has 0 spiro atoms. The van der Waals surface area contributed by atoms with E-state index in [1.54, 1.807) is 13.8 Å². The second-order valence-corrected chi connectivity index (χ2v) is 7.88. The SMILES string of the molecule is Cc1cc(C)c2c(N)c(C(=O)n3nc(C)c(N=Nc4ccccc4)c3C)sc2n1. The number of carbonyl (C=O) groups is 1. The third-order valence-electron chi connectivity index (χ3n) is 4.69. The summed E-state index contributed by atoms with van der Waals surface area (Å²) >= 11 is 1.29. The van der Waals surface area contributed by atoms with Crippen LogP contribution in [0.3, 0.4) is 0 Å². The predicted octanol–water partition coefficient (Wildman–Crippen LogP) is 5.41. The lowest BCUT2D eigenvalue weighted by Gasteiger charge is -2.02. The molecule has 0 amide bonds. The summed E-state index contributed by atoms with van der Waals surface area (Å²) in [7, 11) is 0. The van der Waals surface area contributed by atoms with Crippen molar-refractivity contribution >= 4 is 44.5 Å². The molecule has 3 aromatic heterocycles. The number of azo groups is 1. The summed E-state index contributed by atoms with van der Waals surface area (Å²) in [6, 6.07) is 11.4. The van der Waals surface area contributed by atoms with Gasteiger partial charge in [0.2, 0.25) is 0 Å². The summed E-state index contributed by atoms with van der Waals surface area (Å²) in [5.41, 5.74) is 11.2. The molecule has 8 heteroatoms. The zero-order valence-electron chi connectivity index (χ0n) is 16.6. The molecule has 29 heavy (non-hydrogen) atoms. The van der Waals surface area contributed by atoms with E-state index >= 15 is 0 Å². The number of aromatic nitrogens is 3. The van der Waals surface area contributed by atoms with E-state index in [0.717, 1.165) is 27.2 Å². The number of fused-ring (bicyclic) bond motifs is 1. The number of benzene rings is 1. The van der Waals surface area contributed by atoms with Gasteiger partial charge in [0.1, 0.15) is 15.4 Å². The second kappa shape index (κ2) is 7.21. The Morgan fingerprint density at radius 2 is 1.83 bits per heavy atom. The lowest BCUT2D eigenvalue weighted by atomic mass is 10.1. The maximum absolute atomic E-state index is 13.2. The van der Waals surface area contributed by atoms with Crippen molar-refractivity contribution in [3.63, 3.8) is 0 Å². The van der Waals surface area contributed by atoms with Crippen molar-refractivity contribution in [3.05, 3.63) is 63.9 Å². The Morgan fingerprint density at radius 1 is 1.10 bits per heavy atom. The lowest BCUT2D eigenvalue weighted by Crippen LogP contribution is -2.15. The Kier molecular flexibility index (Phi) is 4.71. The average molecular weight is 404 g/mol. The first-order valence-corrected chi connectivity index (χ1v) is 9.92. The van der Waals surface area contributed by atoms with Crippen LogP contribution in [0.15, 0.2) is 46.6 Å². The maximum Gasteiger partial charge on any atom is 0.290 e. The Balaban J connectivity index is 1.75. The van der Waals surface area contributed by atoms with Gasteiger partial charge in [-0.05, 0) is 51.5 Å². The minimum absolute atomic E-state index is 0.288. The van der Waals surface area contributed by atoms with E-state index in [-0.39, 0.29) is 5.91 Å². The first-order valence-electron chi connectivity index (χ1n) is 9.10. The largest absolute Gasteiger partial charge is 0.397 e. The second-order valence-electron chi connectivity index (χ2n) is 6.88. The molecule has 7 nitrogen and oxygen atoms in total. The van der Waals surface area contributed by atoms with Crippen LogP contribution in [0.25, 0.3) is 10.2 Å². The van der Waals surface area contributed by atoms with Gasteiger partial charge in [-0.2, -0.15) is 14.9 Å². The molecule has 0 radical (unpaired) electrons. The van der Waals surface area contributed by atoms with Crippen molar-refractivity contribution in [3.8, 4) is 0 Å². The molecule has 1 aromatic carbocycles. The molecule has 0 fully saturated rings. The molecule has 0 saturated carbocycles. The summed E-state index contributed by atoms with van der Waals surface area (Å²) in [5.74, 6) is -0.288. The van der Waals surface area contributed by atoms with Crippen LogP contribution in [0.1, 0.15) is 32.3 Å². The fourth-order valence-electron chi connectivity index (χ4n) is 3.30. The standard InChI is InChI=1S/C21H20N6OS/c1-11-10-12(2)23-20-16(11)17(22)19(29-20)21(28)27-14(4)18(13(3)26-27)25-24-15-8-6-5-7-9-15/h5-10H,22H2,1-4H3. The molecular formula is C21H20N6OS. The molecule has 2 N–H and O–H groups in total. The molecule has 0 unspecified atom stereocenters. The van der Waals surface area contributed by atoms with E-state index in [4.69, 9.17) is 5.73 Å². The number of aryl methyl sites for hydroxylation is 3. The minimum atomic E-state index is -0.288. The van der Waals surface area contributed by atoms with E-state index in [2.05, 4.69) is 20.3 Å². The number of nitrogens with zero attached hydrogens (tertiary/aromatic N) is 5. The van der Waals surface area contributed by atoms with Crippen LogP contribution in [-0.2, 0) is 0 Å². The molecule has 3 heterocycles. The number of anilines is 1. The van der Waals surface area contributed by atoms with Gasteiger partial charge in [-0.25, -0.2) is 4.98 Å². The molecular weight excluding hydrogens is 384 g/mol. The zero-order chi connectivity index (χ0) is 20.7. The molecule has 0 aliphatic heterocycles. The van der Waals surface area contributed by atoms with Crippen LogP contribution in [0.5, 0.6) is 0 Å². The van der Waals surface area contributed by atoms with Crippen LogP contribution in [0, 0.1) is 27.7 Å². The van der Waals surface area contributed by atoms with Gasteiger partial charge in [0.15, 0.2) is 0 Å². The summed E-state index contributed by atoms with van der Waals surface area (Å²) in [6.07, 6.45) is 0. The molecule has 0 atom stereocenters. The van der Waals surface area contributed by atoms with Gasteiger partial charge in [-0.1, -0.05) is 18.2 Å².